The first-order valence-corrected chi connectivity index (χ1v) is 11.0. The molecule has 168 valence electrons. The average Bonchev–Trinajstić information content (AvgIpc) is 3.21. The summed E-state index contributed by atoms with van der Waals surface area (Å²) in [6.45, 7) is 2.75. The van der Waals surface area contributed by atoms with E-state index in [9.17, 15) is 9.59 Å². The third-order valence-electron chi connectivity index (χ3n) is 5.41. The van der Waals surface area contributed by atoms with Crippen molar-refractivity contribution in [3.63, 3.8) is 0 Å². The second-order valence-electron chi connectivity index (χ2n) is 7.96. The Morgan fingerprint density at radius 3 is 2.67 bits per heavy atom. The molecule has 0 radical (unpaired) electrons. The van der Waals surface area contributed by atoms with E-state index in [1.807, 2.05) is 79.7 Å². The molecule has 1 aliphatic rings. The van der Waals surface area contributed by atoms with E-state index in [2.05, 4.69) is 10.5 Å². The van der Waals surface area contributed by atoms with E-state index in [0.717, 1.165) is 22.4 Å². The fourth-order valence-electron chi connectivity index (χ4n) is 3.55. The minimum Gasteiger partial charge on any atom is -0.489 e. The van der Waals surface area contributed by atoms with Gasteiger partial charge in [0.2, 0.25) is 11.8 Å². The van der Waals surface area contributed by atoms with E-state index >= 15 is 0 Å². The van der Waals surface area contributed by atoms with Crippen LogP contribution in [0.3, 0.4) is 0 Å². The number of carbonyl (C=O) groups is 2. The number of anilines is 1. The lowest BCUT2D eigenvalue weighted by Crippen LogP contribution is -2.30. The lowest BCUT2D eigenvalue weighted by Gasteiger charge is -2.16. The Morgan fingerprint density at radius 2 is 1.91 bits per heavy atom. The predicted octanol–water partition coefficient (Wildman–Crippen LogP) is 4.73. The first-order chi connectivity index (χ1) is 16.0. The molecule has 3 aromatic carbocycles. The Labute approximate surface area is 197 Å². The van der Waals surface area contributed by atoms with Crippen molar-refractivity contribution in [2.75, 3.05) is 11.4 Å². The number of halogens is 1. The zero-order valence-corrected chi connectivity index (χ0v) is 19.0. The summed E-state index contributed by atoms with van der Waals surface area (Å²) in [7, 11) is 0. The molecule has 4 rings (SSSR count). The SMILES string of the molecule is Cc1ccc(N2C[C@@H](C(=O)N/N=C/c3cccc(OCc4ccc(Cl)cc4)c3)CC2=O)cc1. The highest BCUT2D eigenvalue weighted by Crippen LogP contribution is 2.25. The van der Waals surface area contributed by atoms with Crippen LogP contribution in [0.5, 0.6) is 5.75 Å². The van der Waals surface area contributed by atoms with E-state index in [4.69, 9.17) is 16.3 Å². The molecule has 0 aliphatic carbocycles. The molecule has 3 aromatic rings. The second kappa shape index (κ2) is 10.3. The molecule has 6 nitrogen and oxygen atoms in total. The van der Waals surface area contributed by atoms with Crippen LogP contribution < -0.4 is 15.1 Å². The molecule has 0 unspecified atom stereocenters. The zero-order valence-electron chi connectivity index (χ0n) is 18.2. The fourth-order valence-corrected chi connectivity index (χ4v) is 3.68. The summed E-state index contributed by atoms with van der Waals surface area (Å²) in [5.41, 5.74) is 6.28. The topological polar surface area (TPSA) is 71.0 Å². The summed E-state index contributed by atoms with van der Waals surface area (Å²) in [6.07, 6.45) is 1.73. The van der Waals surface area contributed by atoms with Crippen molar-refractivity contribution < 1.29 is 14.3 Å². The van der Waals surface area contributed by atoms with Gasteiger partial charge in [-0.1, -0.05) is 53.6 Å². The standard InChI is InChI=1S/C26H24ClN3O3/c1-18-5-11-23(12-6-18)30-16-21(14-25(30)31)26(32)29-28-15-20-3-2-4-24(13-20)33-17-19-7-9-22(27)10-8-19/h2-13,15,21H,14,16-17H2,1H3,(H,29,32)/b28-15+/t21-/m0/s1. The van der Waals surface area contributed by atoms with Gasteiger partial charge < -0.3 is 9.64 Å². The lowest BCUT2D eigenvalue weighted by atomic mass is 10.1. The van der Waals surface area contributed by atoms with Crippen molar-refractivity contribution in [1.29, 1.82) is 0 Å². The van der Waals surface area contributed by atoms with Crippen LogP contribution in [0.15, 0.2) is 77.9 Å². The number of aryl methyl sites for hydroxylation is 1. The molecule has 0 saturated carbocycles. The Kier molecular flexibility index (Phi) is 7.05. The van der Waals surface area contributed by atoms with Crippen molar-refractivity contribution in [2.24, 2.45) is 11.0 Å². The van der Waals surface area contributed by atoms with Gasteiger partial charge in [-0.2, -0.15) is 5.10 Å². The maximum Gasteiger partial charge on any atom is 0.245 e. The van der Waals surface area contributed by atoms with Crippen molar-refractivity contribution in [1.82, 2.24) is 5.43 Å². The Morgan fingerprint density at radius 1 is 1.15 bits per heavy atom. The molecule has 1 N–H and O–H groups in total. The monoisotopic (exact) mass is 461 g/mol. The number of hydrazone groups is 1. The van der Waals surface area contributed by atoms with Gasteiger partial charge in [0.15, 0.2) is 0 Å². The van der Waals surface area contributed by atoms with Crippen LogP contribution in [0, 0.1) is 12.8 Å². The van der Waals surface area contributed by atoms with Crippen molar-refractivity contribution >= 4 is 35.3 Å². The highest BCUT2D eigenvalue weighted by Gasteiger charge is 2.35. The fraction of sp³-hybridized carbons (Fsp3) is 0.192. The van der Waals surface area contributed by atoms with Gasteiger partial charge >= 0.3 is 0 Å². The van der Waals surface area contributed by atoms with Crippen LogP contribution in [0.25, 0.3) is 0 Å². The second-order valence-corrected chi connectivity index (χ2v) is 8.40. The molecule has 1 atom stereocenters. The number of amides is 2. The van der Waals surface area contributed by atoms with Gasteiger partial charge in [0.1, 0.15) is 12.4 Å². The largest absolute Gasteiger partial charge is 0.489 e. The molecule has 1 fully saturated rings. The molecule has 1 saturated heterocycles. The van der Waals surface area contributed by atoms with E-state index in [0.29, 0.717) is 23.9 Å². The number of hydrogen-bond donors (Lipinski definition) is 1. The van der Waals surface area contributed by atoms with Crippen molar-refractivity contribution in [3.05, 3.63) is 94.5 Å². The van der Waals surface area contributed by atoms with Crippen LogP contribution in [0.1, 0.15) is 23.1 Å². The Bertz CT molecular complexity index is 1160. The van der Waals surface area contributed by atoms with Crippen LogP contribution in [0.2, 0.25) is 5.02 Å². The summed E-state index contributed by atoms with van der Waals surface area (Å²) in [5.74, 6) is -0.0850. The average molecular weight is 462 g/mol. The molecule has 1 heterocycles. The molecule has 0 spiro atoms. The smallest absolute Gasteiger partial charge is 0.245 e. The first kappa shape index (κ1) is 22.6. The number of hydrogen-bond acceptors (Lipinski definition) is 4. The third-order valence-corrected chi connectivity index (χ3v) is 5.66. The molecule has 2 amide bonds. The highest BCUT2D eigenvalue weighted by molar-refractivity contribution is 6.30. The van der Waals surface area contributed by atoms with E-state index < -0.39 is 5.92 Å². The summed E-state index contributed by atoms with van der Waals surface area (Å²) in [6, 6.07) is 22.6. The van der Waals surface area contributed by atoms with Crippen molar-refractivity contribution in [3.8, 4) is 5.75 Å². The number of nitrogens with zero attached hydrogens (tertiary/aromatic N) is 2. The molecule has 33 heavy (non-hydrogen) atoms. The van der Waals surface area contributed by atoms with Crippen LogP contribution >= 0.6 is 11.6 Å². The summed E-state index contributed by atoms with van der Waals surface area (Å²) in [4.78, 5) is 26.5. The Balaban J connectivity index is 1.30. The number of benzene rings is 3. The minimum atomic E-state index is -0.440. The summed E-state index contributed by atoms with van der Waals surface area (Å²) >= 11 is 5.90. The Hall–Kier alpha value is -3.64. The predicted molar refractivity (Wildman–Crippen MR) is 130 cm³/mol. The number of nitrogens with one attached hydrogen (secondary N) is 1. The molecule has 0 bridgehead atoms. The van der Waals surface area contributed by atoms with Crippen LogP contribution in [-0.2, 0) is 16.2 Å². The maximum atomic E-state index is 12.5. The highest BCUT2D eigenvalue weighted by atomic mass is 35.5. The summed E-state index contributed by atoms with van der Waals surface area (Å²) in [5, 5.41) is 4.75. The van der Waals surface area contributed by atoms with Gasteiger partial charge in [0.05, 0.1) is 12.1 Å². The number of carbonyl (C=O) groups excluding carboxylic acids is 2. The van der Waals surface area contributed by atoms with Gasteiger partial charge in [-0.05, 0) is 54.4 Å². The normalized spacial score (nSPS) is 15.8. The zero-order chi connectivity index (χ0) is 23.2. The van der Waals surface area contributed by atoms with E-state index in [1.54, 1.807) is 11.1 Å². The van der Waals surface area contributed by atoms with Gasteiger partial charge in [0, 0.05) is 23.7 Å². The van der Waals surface area contributed by atoms with Crippen LogP contribution in [-0.4, -0.2) is 24.6 Å². The van der Waals surface area contributed by atoms with Crippen LogP contribution in [0.4, 0.5) is 5.69 Å². The maximum absolute atomic E-state index is 12.5. The van der Waals surface area contributed by atoms with Gasteiger partial charge in [-0.25, -0.2) is 5.43 Å². The van der Waals surface area contributed by atoms with Gasteiger partial charge in [-0.3, -0.25) is 9.59 Å². The first-order valence-electron chi connectivity index (χ1n) is 10.7. The molecular formula is C26H24ClN3O3. The third kappa shape index (κ3) is 5.99. The van der Waals surface area contributed by atoms with Crippen molar-refractivity contribution in [2.45, 2.75) is 20.0 Å². The molecule has 1 aliphatic heterocycles. The summed E-state index contributed by atoms with van der Waals surface area (Å²) < 4.78 is 5.82. The van der Waals surface area contributed by atoms with E-state index in [-0.39, 0.29) is 18.2 Å². The number of ether oxygens (including phenoxy) is 1. The van der Waals surface area contributed by atoms with E-state index in [1.165, 1.54) is 0 Å². The molecule has 0 aromatic heterocycles. The minimum absolute atomic E-state index is 0.0616. The molecule has 7 heteroatoms. The van der Waals surface area contributed by atoms with Gasteiger partial charge in [0.25, 0.3) is 0 Å². The van der Waals surface area contributed by atoms with Gasteiger partial charge in [-0.15, -0.1) is 0 Å². The lowest BCUT2D eigenvalue weighted by molar-refractivity contribution is -0.126. The quantitative estimate of drug-likeness (QED) is 0.408. The molecular weight excluding hydrogens is 438 g/mol. The number of rotatable bonds is 7.